The summed E-state index contributed by atoms with van der Waals surface area (Å²) in [5.41, 5.74) is 0.825. The van der Waals surface area contributed by atoms with E-state index >= 15 is 0 Å². The maximum absolute atomic E-state index is 12.0. The average molecular weight is 246 g/mol. The number of nitrogens with zero attached hydrogens (tertiary/aromatic N) is 1. The fraction of sp³-hybridized carbons (Fsp3) is 0.429. The molecule has 18 heavy (non-hydrogen) atoms. The van der Waals surface area contributed by atoms with Crippen molar-refractivity contribution in [1.29, 1.82) is 0 Å². The monoisotopic (exact) mass is 246 g/mol. The summed E-state index contributed by atoms with van der Waals surface area (Å²) in [6, 6.07) is 3.49. The molecule has 1 atom stereocenters. The fourth-order valence-corrected chi connectivity index (χ4v) is 1.26. The van der Waals surface area contributed by atoms with Crippen molar-refractivity contribution in [1.82, 2.24) is 10.3 Å². The van der Waals surface area contributed by atoms with Crippen LogP contribution in [0, 0.1) is 17.8 Å². The lowest BCUT2D eigenvalue weighted by Gasteiger charge is -2.17. The molecule has 1 unspecified atom stereocenters. The molecule has 1 heterocycles. The van der Waals surface area contributed by atoms with Crippen LogP contribution in [0.1, 0.15) is 36.8 Å². The molecule has 0 radical (unpaired) electrons. The standard InChI is InChI=1S/C14H18N2O2/c1-10(2)11(3)16-14(18)13-12(7-5-9-17)6-4-8-15-13/h4,6,8,10-11,17H,9H2,1-3H3,(H,16,18). The van der Waals surface area contributed by atoms with E-state index in [1.165, 1.54) is 0 Å². The van der Waals surface area contributed by atoms with Crippen LogP contribution in [-0.2, 0) is 0 Å². The lowest BCUT2D eigenvalue weighted by molar-refractivity contribution is 0.0925. The number of nitrogens with one attached hydrogen (secondary N) is 1. The van der Waals surface area contributed by atoms with Gasteiger partial charge in [0.05, 0.1) is 5.56 Å². The molecule has 4 heteroatoms. The van der Waals surface area contributed by atoms with Gasteiger partial charge in [-0.15, -0.1) is 0 Å². The lowest BCUT2D eigenvalue weighted by Crippen LogP contribution is -2.36. The minimum atomic E-state index is -0.238. The van der Waals surface area contributed by atoms with Crippen LogP contribution in [0.15, 0.2) is 18.3 Å². The first-order chi connectivity index (χ1) is 8.56. The zero-order valence-corrected chi connectivity index (χ0v) is 10.9. The number of amides is 1. The van der Waals surface area contributed by atoms with Crippen molar-refractivity contribution in [2.45, 2.75) is 26.8 Å². The third-order valence-electron chi connectivity index (χ3n) is 2.68. The largest absolute Gasteiger partial charge is 0.384 e. The molecular weight excluding hydrogens is 228 g/mol. The Balaban J connectivity index is 2.92. The van der Waals surface area contributed by atoms with E-state index in [9.17, 15) is 4.79 Å². The predicted molar refractivity (Wildman–Crippen MR) is 70.0 cm³/mol. The van der Waals surface area contributed by atoms with Crippen LogP contribution in [0.4, 0.5) is 0 Å². The summed E-state index contributed by atoms with van der Waals surface area (Å²) in [6.07, 6.45) is 1.55. The Morgan fingerprint density at radius 3 is 2.83 bits per heavy atom. The third kappa shape index (κ3) is 3.86. The molecule has 1 rings (SSSR count). The molecule has 0 saturated heterocycles. The lowest BCUT2D eigenvalue weighted by atomic mass is 10.1. The first-order valence-corrected chi connectivity index (χ1v) is 5.92. The third-order valence-corrected chi connectivity index (χ3v) is 2.68. The van der Waals surface area contributed by atoms with E-state index < -0.39 is 0 Å². The van der Waals surface area contributed by atoms with E-state index in [0.29, 0.717) is 17.2 Å². The van der Waals surface area contributed by atoms with Crippen LogP contribution in [0.25, 0.3) is 0 Å². The Labute approximate surface area is 107 Å². The minimum Gasteiger partial charge on any atom is -0.384 e. The molecule has 0 saturated carbocycles. The Morgan fingerprint density at radius 2 is 2.22 bits per heavy atom. The van der Waals surface area contributed by atoms with Gasteiger partial charge in [-0.25, -0.2) is 4.98 Å². The Kier molecular flexibility index (Phi) is 5.34. The van der Waals surface area contributed by atoms with Crippen molar-refractivity contribution < 1.29 is 9.90 Å². The van der Waals surface area contributed by atoms with E-state index in [2.05, 4.69) is 22.1 Å². The van der Waals surface area contributed by atoms with Crippen LogP contribution in [-0.4, -0.2) is 28.6 Å². The Bertz CT molecular complexity index is 472. The molecule has 0 aliphatic carbocycles. The second kappa shape index (κ2) is 6.77. The summed E-state index contributed by atoms with van der Waals surface area (Å²) in [4.78, 5) is 16.1. The molecule has 1 aromatic rings. The second-order valence-electron chi connectivity index (χ2n) is 4.37. The molecular formula is C14H18N2O2. The molecule has 0 fully saturated rings. The molecule has 0 aliphatic rings. The van der Waals surface area contributed by atoms with Crippen molar-refractivity contribution in [2.24, 2.45) is 5.92 Å². The fourth-order valence-electron chi connectivity index (χ4n) is 1.26. The molecule has 96 valence electrons. The predicted octanol–water partition coefficient (Wildman–Crippen LogP) is 1.20. The Morgan fingerprint density at radius 1 is 1.50 bits per heavy atom. The number of aromatic nitrogens is 1. The van der Waals surface area contributed by atoms with Gasteiger partial charge < -0.3 is 10.4 Å². The van der Waals surface area contributed by atoms with E-state index in [0.717, 1.165) is 0 Å². The quantitative estimate of drug-likeness (QED) is 0.788. The zero-order chi connectivity index (χ0) is 13.5. The van der Waals surface area contributed by atoms with Gasteiger partial charge in [-0.1, -0.05) is 25.7 Å². The minimum absolute atomic E-state index is 0.0677. The van der Waals surface area contributed by atoms with Gasteiger partial charge in [0, 0.05) is 12.2 Å². The summed E-state index contributed by atoms with van der Waals surface area (Å²) in [5.74, 6) is 5.36. The first kappa shape index (κ1) is 14.2. The molecule has 0 spiro atoms. The molecule has 0 aliphatic heterocycles. The highest BCUT2D eigenvalue weighted by Gasteiger charge is 2.15. The van der Waals surface area contributed by atoms with E-state index in [1.807, 2.05) is 20.8 Å². The molecule has 0 aromatic carbocycles. The number of carbonyl (C=O) groups is 1. The highest BCUT2D eigenvalue weighted by molar-refractivity contribution is 5.94. The van der Waals surface area contributed by atoms with Crippen molar-refractivity contribution in [3.8, 4) is 11.8 Å². The van der Waals surface area contributed by atoms with Crippen LogP contribution in [0.3, 0.4) is 0 Å². The highest BCUT2D eigenvalue weighted by atomic mass is 16.2. The Hall–Kier alpha value is -1.86. The molecule has 1 aromatic heterocycles. The van der Waals surface area contributed by atoms with Gasteiger partial charge in [-0.2, -0.15) is 0 Å². The zero-order valence-electron chi connectivity index (χ0n) is 10.9. The summed E-state index contributed by atoms with van der Waals surface area (Å²) in [6.45, 7) is 5.79. The van der Waals surface area contributed by atoms with Gasteiger partial charge in [0.15, 0.2) is 0 Å². The van der Waals surface area contributed by atoms with E-state index in [4.69, 9.17) is 5.11 Å². The summed E-state index contributed by atoms with van der Waals surface area (Å²) < 4.78 is 0. The van der Waals surface area contributed by atoms with Gasteiger partial charge in [0.2, 0.25) is 0 Å². The average Bonchev–Trinajstić information content (AvgIpc) is 2.36. The summed E-state index contributed by atoms with van der Waals surface area (Å²) in [7, 11) is 0. The van der Waals surface area contributed by atoms with Gasteiger partial charge >= 0.3 is 0 Å². The van der Waals surface area contributed by atoms with Crippen LogP contribution >= 0.6 is 0 Å². The highest BCUT2D eigenvalue weighted by Crippen LogP contribution is 2.06. The molecule has 4 nitrogen and oxygen atoms in total. The molecule has 1 amide bonds. The van der Waals surface area contributed by atoms with Gasteiger partial charge in [-0.3, -0.25) is 4.79 Å². The summed E-state index contributed by atoms with van der Waals surface area (Å²) >= 11 is 0. The van der Waals surface area contributed by atoms with Crippen molar-refractivity contribution in [2.75, 3.05) is 6.61 Å². The van der Waals surface area contributed by atoms with Crippen molar-refractivity contribution >= 4 is 5.91 Å². The molecule has 0 bridgehead atoms. The normalized spacial score (nSPS) is 11.6. The van der Waals surface area contributed by atoms with Crippen molar-refractivity contribution in [3.05, 3.63) is 29.6 Å². The maximum Gasteiger partial charge on any atom is 0.271 e. The van der Waals surface area contributed by atoms with E-state index in [1.54, 1.807) is 18.3 Å². The number of aliphatic hydroxyl groups excluding tert-OH is 1. The maximum atomic E-state index is 12.0. The van der Waals surface area contributed by atoms with Crippen LogP contribution in [0.5, 0.6) is 0 Å². The van der Waals surface area contributed by atoms with Gasteiger partial charge in [0.25, 0.3) is 5.91 Å². The number of rotatable bonds is 3. The number of pyridine rings is 1. The van der Waals surface area contributed by atoms with Gasteiger partial charge in [0.1, 0.15) is 12.3 Å². The number of hydrogen-bond donors (Lipinski definition) is 2. The van der Waals surface area contributed by atoms with Crippen LogP contribution in [0.2, 0.25) is 0 Å². The molecule has 2 N–H and O–H groups in total. The number of aliphatic hydroxyl groups is 1. The second-order valence-corrected chi connectivity index (χ2v) is 4.37. The van der Waals surface area contributed by atoms with Gasteiger partial charge in [-0.05, 0) is 25.0 Å². The SMILES string of the molecule is CC(C)C(C)NC(=O)c1ncccc1C#CCO. The topological polar surface area (TPSA) is 62.2 Å². The summed E-state index contributed by atoms with van der Waals surface area (Å²) in [5, 5.41) is 11.6. The van der Waals surface area contributed by atoms with E-state index in [-0.39, 0.29) is 18.6 Å². The number of hydrogen-bond acceptors (Lipinski definition) is 3. The van der Waals surface area contributed by atoms with Crippen molar-refractivity contribution in [3.63, 3.8) is 0 Å². The smallest absolute Gasteiger partial charge is 0.271 e. The van der Waals surface area contributed by atoms with Crippen LogP contribution < -0.4 is 5.32 Å². The first-order valence-electron chi connectivity index (χ1n) is 5.92. The number of carbonyl (C=O) groups excluding carboxylic acids is 1.